The smallest absolute Gasteiger partial charge is 0.201 e. The van der Waals surface area contributed by atoms with Gasteiger partial charge in [0.2, 0.25) is 5.78 Å². The van der Waals surface area contributed by atoms with Crippen LogP contribution in [-0.2, 0) is 0 Å². The van der Waals surface area contributed by atoms with Crippen molar-refractivity contribution in [2.24, 2.45) is 5.92 Å². The van der Waals surface area contributed by atoms with Crippen LogP contribution in [0.15, 0.2) is 11.4 Å². The van der Waals surface area contributed by atoms with Crippen LogP contribution in [0.2, 0.25) is 0 Å². The Labute approximate surface area is 82.2 Å². The van der Waals surface area contributed by atoms with Crippen molar-refractivity contribution in [1.82, 2.24) is 0 Å². The van der Waals surface area contributed by atoms with Crippen LogP contribution in [-0.4, -0.2) is 17.0 Å². The first kappa shape index (κ1) is 10.4. The Balaban J connectivity index is 2.86. The van der Waals surface area contributed by atoms with E-state index in [1.165, 1.54) is 11.3 Å². The zero-order valence-corrected chi connectivity index (χ0v) is 8.89. The maximum absolute atomic E-state index is 11.6. The first-order chi connectivity index (χ1) is 6.04. The van der Waals surface area contributed by atoms with Crippen molar-refractivity contribution in [2.45, 2.75) is 26.9 Å². The van der Waals surface area contributed by atoms with Crippen LogP contribution in [0.25, 0.3) is 0 Å². The zero-order chi connectivity index (χ0) is 10.0. The van der Waals surface area contributed by atoms with E-state index in [9.17, 15) is 9.90 Å². The van der Waals surface area contributed by atoms with E-state index in [1.54, 1.807) is 0 Å². The van der Waals surface area contributed by atoms with Crippen LogP contribution in [0.3, 0.4) is 0 Å². The topological polar surface area (TPSA) is 37.3 Å². The van der Waals surface area contributed by atoms with Crippen molar-refractivity contribution in [3.8, 4) is 0 Å². The summed E-state index contributed by atoms with van der Waals surface area (Å²) in [4.78, 5) is 12.3. The molecule has 13 heavy (non-hydrogen) atoms. The second-order valence-electron chi connectivity index (χ2n) is 3.49. The largest absolute Gasteiger partial charge is 0.385 e. The summed E-state index contributed by atoms with van der Waals surface area (Å²) in [5.41, 5.74) is 0.953. The summed E-state index contributed by atoms with van der Waals surface area (Å²) in [6.45, 7) is 5.56. The molecule has 0 saturated heterocycles. The summed E-state index contributed by atoms with van der Waals surface area (Å²) in [6, 6.07) is 1.89. The van der Waals surface area contributed by atoms with E-state index in [0.29, 0.717) is 4.88 Å². The van der Waals surface area contributed by atoms with Crippen LogP contribution >= 0.6 is 11.3 Å². The molecule has 0 fully saturated rings. The van der Waals surface area contributed by atoms with Crippen molar-refractivity contribution < 1.29 is 9.90 Å². The Morgan fingerprint density at radius 1 is 1.54 bits per heavy atom. The van der Waals surface area contributed by atoms with Crippen molar-refractivity contribution in [2.75, 3.05) is 0 Å². The summed E-state index contributed by atoms with van der Waals surface area (Å²) < 4.78 is 0. The quantitative estimate of drug-likeness (QED) is 0.756. The average Bonchev–Trinajstić information content (AvgIpc) is 2.48. The molecule has 0 amide bonds. The van der Waals surface area contributed by atoms with Gasteiger partial charge in [0.25, 0.3) is 0 Å². The molecule has 1 unspecified atom stereocenters. The average molecular weight is 198 g/mol. The highest BCUT2D eigenvalue weighted by atomic mass is 32.1. The lowest BCUT2D eigenvalue weighted by atomic mass is 10.0. The minimum Gasteiger partial charge on any atom is -0.385 e. The minimum absolute atomic E-state index is 0.0194. The first-order valence-electron chi connectivity index (χ1n) is 4.30. The van der Waals surface area contributed by atoms with Gasteiger partial charge in [-0.05, 0) is 29.9 Å². The molecule has 0 saturated carbocycles. The van der Waals surface area contributed by atoms with Gasteiger partial charge in [0.15, 0.2) is 0 Å². The van der Waals surface area contributed by atoms with Gasteiger partial charge in [0.05, 0.1) is 4.88 Å². The molecule has 2 nitrogen and oxygen atoms in total. The minimum atomic E-state index is -0.864. The van der Waals surface area contributed by atoms with Crippen molar-refractivity contribution >= 4 is 17.1 Å². The molecular formula is C10H14O2S. The van der Waals surface area contributed by atoms with Gasteiger partial charge in [0.1, 0.15) is 6.10 Å². The number of ketones is 1. The number of thiophene rings is 1. The molecule has 3 heteroatoms. The molecule has 1 aromatic rings. The standard InChI is InChI=1S/C10H14O2S/c1-6(2)8(11)9(12)10-7(3)4-5-13-10/h4-6,8,11H,1-3H3. The molecule has 0 aliphatic heterocycles. The number of aryl methyl sites for hydroxylation is 1. The number of hydrogen-bond donors (Lipinski definition) is 1. The van der Waals surface area contributed by atoms with Gasteiger partial charge in [-0.1, -0.05) is 13.8 Å². The maximum Gasteiger partial charge on any atom is 0.201 e. The van der Waals surface area contributed by atoms with E-state index in [0.717, 1.165) is 5.56 Å². The molecule has 0 spiro atoms. The summed E-state index contributed by atoms with van der Waals surface area (Å²) in [7, 11) is 0. The lowest BCUT2D eigenvalue weighted by Gasteiger charge is -2.12. The van der Waals surface area contributed by atoms with E-state index in [2.05, 4.69) is 0 Å². The summed E-state index contributed by atoms with van der Waals surface area (Å²) in [5, 5.41) is 11.4. The summed E-state index contributed by atoms with van der Waals surface area (Å²) >= 11 is 1.39. The Morgan fingerprint density at radius 2 is 2.15 bits per heavy atom. The number of aliphatic hydroxyl groups is 1. The highest BCUT2D eigenvalue weighted by Crippen LogP contribution is 2.19. The number of carbonyl (C=O) groups excluding carboxylic acids is 1. The monoisotopic (exact) mass is 198 g/mol. The van der Waals surface area contributed by atoms with E-state index in [1.807, 2.05) is 32.2 Å². The van der Waals surface area contributed by atoms with Crippen molar-refractivity contribution in [3.05, 3.63) is 21.9 Å². The maximum atomic E-state index is 11.6. The number of carbonyl (C=O) groups is 1. The highest BCUT2D eigenvalue weighted by molar-refractivity contribution is 7.12. The summed E-state index contributed by atoms with van der Waals surface area (Å²) in [6.07, 6.45) is -0.864. The molecule has 72 valence electrons. The van der Waals surface area contributed by atoms with Gasteiger partial charge in [0, 0.05) is 0 Å². The molecule has 1 N–H and O–H groups in total. The van der Waals surface area contributed by atoms with Gasteiger partial charge in [-0.25, -0.2) is 0 Å². The number of hydrogen-bond acceptors (Lipinski definition) is 3. The fraction of sp³-hybridized carbons (Fsp3) is 0.500. The molecule has 1 aromatic heterocycles. The second-order valence-corrected chi connectivity index (χ2v) is 4.40. The fourth-order valence-corrected chi connectivity index (χ4v) is 1.96. The van der Waals surface area contributed by atoms with Crippen molar-refractivity contribution in [3.63, 3.8) is 0 Å². The van der Waals surface area contributed by atoms with Crippen LogP contribution < -0.4 is 0 Å². The van der Waals surface area contributed by atoms with Crippen LogP contribution in [0.4, 0.5) is 0 Å². The number of Topliss-reactive ketones (excluding diaryl/α,β-unsaturated/α-hetero) is 1. The van der Waals surface area contributed by atoms with Crippen LogP contribution in [0.1, 0.15) is 29.1 Å². The van der Waals surface area contributed by atoms with Gasteiger partial charge < -0.3 is 5.11 Å². The molecule has 0 radical (unpaired) electrons. The van der Waals surface area contributed by atoms with Crippen molar-refractivity contribution in [1.29, 1.82) is 0 Å². The fourth-order valence-electron chi connectivity index (χ4n) is 1.06. The SMILES string of the molecule is Cc1ccsc1C(=O)C(O)C(C)C. The van der Waals surface area contributed by atoms with Crippen LogP contribution in [0, 0.1) is 12.8 Å². The Morgan fingerprint density at radius 3 is 2.54 bits per heavy atom. The molecular weight excluding hydrogens is 184 g/mol. The molecule has 0 aromatic carbocycles. The lowest BCUT2D eigenvalue weighted by molar-refractivity contribution is 0.0652. The van der Waals surface area contributed by atoms with Gasteiger partial charge in [-0.2, -0.15) is 0 Å². The van der Waals surface area contributed by atoms with Gasteiger partial charge in [-0.15, -0.1) is 11.3 Å². The molecule has 0 bridgehead atoms. The normalized spacial score (nSPS) is 13.3. The highest BCUT2D eigenvalue weighted by Gasteiger charge is 2.22. The van der Waals surface area contributed by atoms with Crippen LogP contribution in [0.5, 0.6) is 0 Å². The Bertz CT molecular complexity index is 302. The molecule has 0 aliphatic rings. The predicted molar refractivity (Wildman–Crippen MR) is 54.2 cm³/mol. The van der Waals surface area contributed by atoms with E-state index < -0.39 is 6.10 Å². The first-order valence-corrected chi connectivity index (χ1v) is 5.18. The summed E-state index contributed by atoms with van der Waals surface area (Å²) in [5.74, 6) is -0.170. The van der Waals surface area contributed by atoms with E-state index >= 15 is 0 Å². The molecule has 1 rings (SSSR count). The Kier molecular flexibility index (Phi) is 3.22. The van der Waals surface area contributed by atoms with Gasteiger partial charge in [-0.3, -0.25) is 4.79 Å². The lowest BCUT2D eigenvalue weighted by Crippen LogP contribution is -2.25. The molecule has 1 atom stereocenters. The predicted octanol–water partition coefficient (Wildman–Crippen LogP) is 2.26. The second kappa shape index (κ2) is 4.03. The Hall–Kier alpha value is -0.670. The van der Waals surface area contributed by atoms with E-state index in [-0.39, 0.29) is 11.7 Å². The van der Waals surface area contributed by atoms with Gasteiger partial charge >= 0.3 is 0 Å². The molecule has 0 aliphatic carbocycles. The van der Waals surface area contributed by atoms with E-state index in [4.69, 9.17) is 0 Å². The zero-order valence-electron chi connectivity index (χ0n) is 8.07. The molecule has 1 heterocycles. The number of aliphatic hydroxyl groups excluding tert-OH is 1. The third-order valence-electron chi connectivity index (χ3n) is 1.99. The third-order valence-corrected chi connectivity index (χ3v) is 3.02. The third kappa shape index (κ3) is 2.17. The number of rotatable bonds is 3.